The van der Waals surface area contributed by atoms with Gasteiger partial charge in [-0.3, -0.25) is 0 Å². The molecule has 0 atom stereocenters. The lowest BCUT2D eigenvalue weighted by atomic mass is 10.1. The lowest BCUT2D eigenvalue weighted by molar-refractivity contribution is 0.234. The minimum absolute atomic E-state index is 0.369. The Bertz CT molecular complexity index is 1510. The van der Waals surface area contributed by atoms with E-state index < -0.39 is 0 Å². The molecule has 0 aliphatic carbocycles. The zero-order valence-electron chi connectivity index (χ0n) is 54.9. The molecule has 9 heteroatoms. The van der Waals surface area contributed by atoms with Gasteiger partial charge in [-0.25, -0.2) is 4.79 Å². The van der Waals surface area contributed by atoms with E-state index >= 15 is 0 Å². The van der Waals surface area contributed by atoms with Crippen molar-refractivity contribution in [3.63, 3.8) is 0 Å². The lowest BCUT2D eigenvalue weighted by Crippen LogP contribution is -2.20. The molecule has 82 heavy (non-hydrogen) atoms. The predicted octanol–water partition coefficient (Wildman–Crippen LogP) is 24.4. The van der Waals surface area contributed by atoms with Crippen LogP contribution in [0.4, 0.5) is 16.2 Å². The second kappa shape index (κ2) is 56.6. The van der Waals surface area contributed by atoms with Crippen LogP contribution in [0.3, 0.4) is 0 Å². The quantitative estimate of drug-likeness (QED) is 0.0637. The summed E-state index contributed by atoms with van der Waals surface area (Å²) >= 11 is 0. The largest absolute Gasteiger partial charge is 0.489 e. The maximum absolute atomic E-state index is 14.4. The molecule has 0 fully saturated rings. The summed E-state index contributed by atoms with van der Waals surface area (Å²) in [6.07, 6.45) is 58.9. The summed E-state index contributed by atoms with van der Waals surface area (Å²) in [4.78, 5) is 14.4. The van der Waals surface area contributed by atoms with E-state index in [9.17, 15) is 4.79 Å². The summed E-state index contributed by atoms with van der Waals surface area (Å²) in [5.74, 6) is 3.78. The molecule has 2 N–H and O–H groups in total. The van der Waals surface area contributed by atoms with Crippen molar-refractivity contribution in [3.8, 4) is 34.5 Å². The third-order valence-electron chi connectivity index (χ3n) is 16.1. The maximum atomic E-state index is 14.4. The summed E-state index contributed by atoms with van der Waals surface area (Å²) in [5.41, 5.74) is 1.19. The summed E-state index contributed by atoms with van der Waals surface area (Å²) < 4.78 is 39.9. The van der Waals surface area contributed by atoms with E-state index in [4.69, 9.17) is 28.4 Å². The monoisotopic (exact) mass is 1150 g/mol. The molecule has 2 rings (SSSR count). The van der Waals surface area contributed by atoms with Gasteiger partial charge < -0.3 is 39.1 Å². The molecule has 2 aromatic rings. The van der Waals surface area contributed by atoms with Gasteiger partial charge in [0.05, 0.1) is 51.0 Å². The second-order valence-corrected chi connectivity index (χ2v) is 24.1. The van der Waals surface area contributed by atoms with Gasteiger partial charge in [0.15, 0.2) is 23.0 Å². The minimum Gasteiger partial charge on any atom is -0.489 e. The summed E-state index contributed by atoms with van der Waals surface area (Å²) in [7, 11) is 0. The van der Waals surface area contributed by atoms with Gasteiger partial charge in [-0.05, 0) is 38.5 Å². The number of carbonyl (C=O) groups is 1. The molecule has 0 aromatic heterocycles. The van der Waals surface area contributed by atoms with Crippen LogP contribution in [-0.4, -0.2) is 45.7 Å². The highest BCUT2D eigenvalue weighted by Gasteiger charge is 2.20. The summed E-state index contributed by atoms with van der Waals surface area (Å²) in [6.45, 7) is 17.1. The fraction of sp³-hybridized carbons (Fsp3) is 0.822. The number of benzene rings is 2. The van der Waals surface area contributed by atoms with Crippen LogP contribution in [0.15, 0.2) is 24.3 Å². The first-order valence-corrected chi connectivity index (χ1v) is 35.7. The Morgan fingerprint density at radius 2 is 0.402 bits per heavy atom. The van der Waals surface area contributed by atoms with Crippen LogP contribution in [0.5, 0.6) is 34.5 Å². The molecule has 0 aliphatic rings. The van der Waals surface area contributed by atoms with E-state index in [0.29, 0.717) is 85.5 Å². The predicted molar refractivity (Wildman–Crippen MR) is 354 cm³/mol. The Morgan fingerprint density at radius 3 is 0.585 bits per heavy atom. The molecule has 0 spiro atoms. The van der Waals surface area contributed by atoms with Crippen molar-refractivity contribution in [1.82, 2.24) is 0 Å². The van der Waals surface area contributed by atoms with Crippen LogP contribution in [0.2, 0.25) is 0 Å². The van der Waals surface area contributed by atoms with E-state index in [1.807, 2.05) is 24.3 Å². The smallest absolute Gasteiger partial charge is 0.323 e. The average Bonchev–Trinajstić information content (AvgIpc) is 3.48. The number of ether oxygens (including phenoxy) is 6. The number of rotatable bonds is 62. The third-order valence-corrected chi connectivity index (χ3v) is 16.1. The van der Waals surface area contributed by atoms with Crippen LogP contribution < -0.4 is 39.1 Å². The van der Waals surface area contributed by atoms with Gasteiger partial charge in [-0.2, -0.15) is 0 Å². The van der Waals surface area contributed by atoms with E-state index in [0.717, 1.165) is 77.0 Å². The number of carbonyl (C=O) groups excluding carboxylic acids is 1. The van der Waals surface area contributed by atoms with Gasteiger partial charge >= 0.3 is 6.03 Å². The van der Waals surface area contributed by atoms with Gasteiger partial charge in [0.25, 0.3) is 0 Å². The Kier molecular flexibility index (Phi) is 51.5. The summed E-state index contributed by atoms with van der Waals surface area (Å²) in [5, 5.41) is 6.37. The van der Waals surface area contributed by atoms with Gasteiger partial charge in [0.1, 0.15) is 0 Å². The molecular weight excluding hydrogens is 1020 g/mol. The third kappa shape index (κ3) is 41.5. The number of hydrogen-bond acceptors (Lipinski definition) is 7. The van der Waals surface area contributed by atoms with E-state index in [-0.39, 0.29) is 6.03 Å². The van der Waals surface area contributed by atoms with Gasteiger partial charge in [0, 0.05) is 24.3 Å². The van der Waals surface area contributed by atoms with Crippen molar-refractivity contribution in [1.29, 1.82) is 0 Å². The number of nitrogens with one attached hydrogen (secondary N) is 2. The molecule has 0 unspecified atom stereocenters. The molecule has 476 valence electrons. The zero-order valence-corrected chi connectivity index (χ0v) is 54.9. The van der Waals surface area contributed by atoms with Crippen LogP contribution in [0, 0.1) is 0 Å². The fourth-order valence-corrected chi connectivity index (χ4v) is 10.8. The highest BCUT2D eigenvalue weighted by Crippen LogP contribution is 2.43. The first kappa shape index (κ1) is 74.6. The van der Waals surface area contributed by atoms with Crippen LogP contribution in [0.1, 0.15) is 350 Å². The highest BCUT2D eigenvalue weighted by atomic mass is 16.5. The van der Waals surface area contributed by atoms with Crippen molar-refractivity contribution in [2.75, 3.05) is 50.3 Å². The van der Waals surface area contributed by atoms with Crippen molar-refractivity contribution in [2.24, 2.45) is 0 Å². The average molecular weight is 1150 g/mol. The van der Waals surface area contributed by atoms with E-state index in [1.165, 1.54) is 231 Å². The van der Waals surface area contributed by atoms with E-state index in [2.05, 4.69) is 52.2 Å². The van der Waals surface area contributed by atoms with Gasteiger partial charge in [-0.1, -0.05) is 311 Å². The molecular formula is C73H132N2O7. The number of hydrogen-bond donors (Lipinski definition) is 2. The van der Waals surface area contributed by atoms with Crippen molar-refractivity contribution in [3.05, 3.63) is 24.3 Å². The van der Waals surface area contributed by atoms with Crippen LogP contribution >= 0.6 is 0 Å². The number of unbranched alkanes of at least 4 members (excludes halogenated alkanes) is 42. The minimum atomic E-state index is -0.369. The first-order valence-electron chi connectivity index (χ1n) is 35.7. The first-order chi connectivity index (χ1) is 40.5. The maximum Gasteiger partial charge on any atom is 0.323 e. The molecule has 0 saturated heterocycles. The molecule has 0 saturated carbocycles. The molecule has 0 aliphatic heterocycles. The Balaban J connectivity index is 2.46. The van der Waals surface area contributed by atoms with Gasteiger partial charge in [0.2, 0.25) is 11.5 Å². The lowest BCUT2D eigenvalue weighted by Gasteiger charge is -2.20. The Hall–Kier alpha value is -3.49. The van der Waals surface area contributed by atoms with Gasteiger partial charge in [-0.15, -0.1) is 0 Å². The van der Waals surface area contributed by atoms with Crippen molar-refractivity contribution < 1.29 is 33.2 Å². The normalized spacial score (nSPS) is 11.3. The standard InChI is InChI=1S/C73H132N2O7/c1-7-13-19-25-31-37-43-49-55-77-67-61-65(62-68(78-56-50-44-38-32-26-20-14-8-2)71(67)81-59-53-47-41-35-29-23-17-11-5)74-73(76)75-66-63-69(79-57-51-45-39-33-27-21-15-9-3)72(82-60-54-48-42-36-30-24-18-12-6)70(64-66)80-58-52-46-40-34-28-22-16-10-4/h61-64H,7-60H2,1-6H3,(H2,74,75,76). The summed E-state index contributed by atoms with van der Waals surface area (Å²) in [6, 6.07) is 7.33. The molecule has 0 bridgehead atoms. The van der Waals surface area contributed by atoms with Crippen molar-refractivity contribution >= 4 is 17.4 Å². The molecule has 2 aromatic carbocycles. The topological polar surface area (TPSA) is 96.5 Å². The molecule has 9 nitrogen and oxygen atoms in total. The second-order valence-electron chi connectivity index (χ2n) is 24.1. The number of anilines is 2. The van der Waals surface area contributed by atoms with Crippen molar-refractivity contribution in [2.45, 2.75) is 350 Å². The number of urea groups is 1. The molecule has 2 amide bonds. The van der Waals surface area contributed by atoms with Crippen LogP contribution in [-0.2, 0) is 0 Å². The Labute approximate surface area is 507 Å². The highest BCUT2D eigenvalue weighted by molar-refractivity contribution is 6.00. The Morgan fingerprint density at radius 1 is 0.244 bits per heavy atom. The van der Waals surface area contributed by atoms with Crippen LogP contribution in [0.25, 0.3) is 0 Å². The molecule has 0 heterocycles. The number of amides is 2. The SMILES string of the molecule is CCCCCCCCCCOc1cc(NC(=O)Nc2cc(OCCCCCCCCCC)c(OCCCCCCCCCC)c(OCCCCCCCCCC)c2)cc(OCCCCCCCCCC)c1OCCCCCCCCCC. The van der Waals surface area contributed by atoms with E-state index in [1.54, 1.807) is 0 Å². The molecule has 0 radical (unpaired) electrons. The zero-order chi connectivity index (χ0) is 58.9. The fourth-order valence-electron chi connectivity index (χ4n) is 10.8.